The van der Waals surface area contributed by atoms with Gasteiger partial charge >= 0.3 is 19.4 Å². The number of aryl methyl sites for hydroxylation is 1. The predicted octanol–water partition coefficient (Wildman–Crippen LogP) is 1.01. The molecular formula is C23H30N3O10P. The van der Waals surface area contributed by atoms with Crippen LogP contribution in [-0.4, -0.2) is 63.8 Å². The number of aliphatic hydroxyl groups is 1. The maximum atomic E-state index is 13.8. The SMILES string of the molecule is Cc1cn([C@@H]2O[C@@]3(CO[P@](=O)(N[C@H](C)C(=O)OC(C)C)Oc4ccccc4)CO[C@@H]2[C@@H]3O)c(=O)[nH]c1=O. The number of hydrogen-bond donors (Lipinski definition) is 3. The fourth-order valence-electron chi connectivity index (χ4n) is 4.04. The summed E-state index contributed by atoms with van der Waals surface area (Å²) in [5, 5.41) is 13.5. The normalized spacial score (nSPS) is 27.1. The van der Waals surface area contributed by atoms with E-state index < -0.39 is 67.8 Å². The number of carbonyl (C=O) groups excluding carboxylic acids is 1. The first-order chi connectivity index (χ1) is 17.4. The van der Waals surface area contributed by atoms with Crippen LogP contribution in [0.15, 0.2) is 46.1 Å². The molecule has 2 fully saturated rings. The van der Waals surface area contributed by atoms with E-state index in [1.165, 1.54) is 20.0 Å². The molecule has 14 heteroatoms. The number of carbonyl (C=O) groups is 1. The summed E-state index contributed by atoms with van der Waals surface area (Å²) < 4.78 is 43.1. The van der Waals surface area contributed by atoms with E-state index in [1.807, 2.05) is 0 Å². The zero-order chi connectivity index (χ0) is 27.0. The van der Waals surface area contributed by atoms with Crippen LogP contribution in [0.5, 0.6) is 5.75 Å². The fraction of sp³-hybridized carbons (Fsp3) is 0.522. The Hall–Kier alpha value is -2.80. The van der Waals surface area contributed by atoms with Gasteiger partial charge in [0.2, 0.25) is 0 Å². The standard InChI is InChI=1S/C23H30N3O10P/c1-13(2)34-21(29)15(4)25-37(31,36-16-8-6-5-7-9-16)33-12-23-11-32-17(18(23)27)20(35-23)26-10-14(3)19(28)24-22(26)30/h5-10,13,15,17-18,20,27H,11-12H2,1-4H3,(H,25,31)(H,24,28,30)/t15-,17-,18+,20-,23-,37-/m1/s1. The second kappa shape index (κ2) is 10.5. The number of hydrogen-bond acceptors (Lipinski definition) is 10. The molecule has 6 atom stereocenters. The number of aromatic amines is 1. The van der Waals surface area contributed by atoms with Crippen LogP contribution in [0.25, 0.3) is 0 Å². The largest absolute Gasteiger partial charge is 0.462 e. The number of esters is 1. The van der Waals surface area contributed by atoms with Crippen molar-refractivity contribution in [3.05, 3.63) is 62.9 Å². The highest BCUT2D eigenvalue weighted by molar-refractivity contribution is 7.52. The van der Waals surface area contributed by atoms with Crippen molar-refractivity contribution in [2.24, 2.45) is 0 Å². The average Bonchev–Trinajstić information content (AvgIpc) is 3.29. The lowest BCUT2D eigenvalue weighted by Gasteiger charge is -2.32. The van der Waals surface area contributed by atoms with Crippen LogP contribution in [0.2, 0.25) is 0 Å². The number of para-hydroxylation sites is 1. The first-order valence-corrected chi connectivity index (χ1v) is 13.2. The molecule has 2 saturated heterocycles. The lowest BCUT2D eigenvalue weighted by atomic mass is 10.0. The summed E-state index contributed by atoms with van der Waals surface area (Å²) in [5.41, 5.74) is -2.52. The van der Waals surface area contributed by atoms with Crippen molar-refractivity contribution in [1.29, 1.82) is 0 Å². The number of nitrogens with one attached hydrogen (secondary N) is 2. The Morgan fingerprint density at radius 2 is 2.00 bits per heavy atom. The van der Waals surface area contributed by atoms with Gasteiger partial charge in [-0.15, -0.1) is 0 Å². The van der Waals surface area contributed by atoms with E-state index in [9.17, 15) is 24.1 Å². The van der Waals surface area contributed by atoms with Crippen LogP contribution in [0.3, 0.4) is 0 Å². The van der Waals surface area contributed by atoms with E-state index in [0.717, 1.165) is 4.57 Å². The third-order valence-corrected chi connectivity index (χ3v) is 7.56. The van der Waals surface area contributed by atoms with E-state index in [2.05, 4.69) is 10.1 Å². The van der Waals surface area contributed by atoms with Crippen molar-refractivity contribution in [2.75, 3.05) is 13.2 Å². The highest BCUT2D eigenvalue weighted by Crippen LogP contribution is 2.50. The van der Waals surface area contributed by atoms with Gasteiger partial charge in [0.05, 0.1) is 19.3 Å². The number of H-pyrrole nitrogens is 1. The number of fused-ring (bicyclic) bond motifs is 2. The van der Waals surface area contributed by atoms with Crippen LogP contribution in [0.1, 0.15) is 32.6 Å². The summed E-state index contributed by atoms with van der Waals surface area (Å²) in [6.07, 6.45) is -2.36. The maximum Gasteiger partial charge on any atom is 0.459 e. The number of rotatable bonds is 10. The Balaban J connectivity index is 1.55. The third-order valence-electron chi connectivity index (χ3n) is 5.93. The first kappa shape index (κ1) is 27.2. The van der Waals surface area contributed by atoms with Gasteiger partial charge < -0.3 is 23.8 Å². The summed E-state index contributed by atoms with van der Waals surface area (Å²) in [4.78, 5) is 38.7. The molecule has 0 unspecified atom stereocenters. The zero-order valence-electron chi connectivity index (χ0n) is 20.8. The quantitative estimate of drug-likeness (QED) is 0.291. The van der Waals surface area contributed by atoms with Gasteiger partial charge in [0, 0.05) is 11.8 Å². The van der Waals surface area contributed by atoms with Gasteiger partial charge in [-0.25, -0.2) is 9.36 Å². The van der Waals surface area contributed by atoms with Gasteiger partial charge in [0.15, 0.2) is 6.23 Å². The Labute approximate surface area is 212 Å². The second-order valence-electron chi connectivity index (χ2n) is 9.28. The minimum absolute atomic E-state index is 0.122. The predicted molar refractivity (Wildman–Crippen MR) is 129 cm³/mol. The molecule has 37 heavy (non-hydrogen) atoms. The molecule has 2 aromatic rings. The summed E-state index contributed by atoms with van der Waals surface area (Å²) >= 11 is 0. The van der Waals surface area contributed by atoms with E-state index in [-0.39, 0.29) is 17.9 Å². The Bertz CT molecular complexity index is 1300. The van der Waals surface area contributed by atoms with E-state index >= 15 is 0 Å². The number of aromatic nitrogens is 2. The minimum atomic E-state index is -4.24. The van der Waals surface area contributed by atoms with Crippen LogP contribution in [0.4, 0.5) is 0 Å². The van der Waals surface area contributed by atoms with Gasteiger partial charge in [-0.2, -0.15) is 5.09 Å². The topological polar surface area (TPSA) is 167 Å². The van der Waals surface area contributed by atoms with E-state index in [0.29, 0.717) is 0 Å². The van der Waals surface area contributed by atoms with Crippen LogP contribution < -0.4 is 20.9 Å². The van der Waals surface area contributed by atoms with Crippen molar-refractivity contribution in [3.63, 3.8) is 0 Å². The highest BCUT2D eigenvalue weighted by Gasteiger charge is 2.62. The smallest absolute Gasteiger partial charge is 0.459 e. The summed E-state index contributed by atoms with van der Waals surface area (Å²) in [5.74, 6) is -0.454. The van der Waals surface area contributed by atoms with Crippen molar-refractivity contribution in [1.82, 2.24) is 14.6 Å². The zero-order valence-corrected chi connectivity index (χ0v) is 21.7. The first-order valence-electron chi connectivity index (χ1n) is 11.7. The number of nitrogens with zero attached hydrogens (tertiary/aromatic N) is 1. The molecule has 3 N–H and O–H groups in total. The third kappa shape index (κ3) is 5.71. The van der Waals surface area contributed by atoms with Crippen LogP contribution >= 0.6 is 7.75 Å². The van der Waals surface area contributed by atoms with Gasteiger partial charge in [-0.1, -0.05) is 18.2 Å². The number of ether oxygens (including phenoxy) is 3. The van der Waals surface area contributed by atoms with E-state index in [4.69, 9.17) is 23.3 Å². The molecule has 0 aliphatic carbocycles. The van der Waals surface area contributed by atoms with Gasteiger partial charge in [-0.3, -0.25) is 23.7 Å². The molecule has 2 aliphatic heterocycles. The van der Waals surface area contributed by atoms with Crippen molar-refractivity contribution in [2.45, 2.75) is 63.9 Å². The van der Waals surface area contributed by atoms with Crippen molar-refractivity contribution in [3.8, 4) is 5.75 Å². The Morgan fingerprint density at radius 1 is 1.30 bits per heavy atom. The molecule has 0 radical (unpaired) electrons. The molecule has 202 valence electrons. The Morgan fingerprint density at radius 3 is 2.68 bits per heavy atom. The molecule has 0 spiro atoms. The van der Waals surface area contributed by atoms with E-state index in [1.54, 1.807) is 44.2 Å². The number of aliphatic hydroxyl groups excluding tert-OH is 1. The minimum Gasteiger partial charge on any atom is -0.462 e. The van der Waals surface area contributed by atoms with Crippen molar-refractivity contribution >= 4 is 13.7 Å². The molecule has 1 aromatic carbocycles. The molecular weight excluding hydrogens is 509 g/mol. The summed E-state index contributed by atoms with van der Waals surface area (Å²) in [7, 11) is -4.24. The average molecular weight is 539 g/mol. The maximum absolute atomic E-state index is 13.8. The van der Waals surface area contributed by atoms with Crippen LogP contribution in [0, 0.1) is 6.92 Å². The van der Waals surface area contributed by atoms with Crippen LogP contribution in [-0.2, 0) is 28.1 Å². The molecule has 4 rings (SSSR count). The van der Waals surface area contributed by atoms with Gasteiger partial charge in [-0.05, 0) is 39.8 Å². The summed E-state index contributed by atoms with van der Waals surface area (Å²) in [6.45, 7) is 5.74. The lowest BCUT2D eigenvalue weighted by molar-refractivity contribution is -0.185. The highest BCUT2D eigenvalue weighted by atomic mass is 31.2. The molecule has 0 saturated carbocycles. The lowest BCUT2D eigenvalue weighted by Crippen LogP contribution is -2.46. The summed E-state index contributed by atoms with van der Waals surface area (Å²) in [6, 6.07) is 7.14. The number of benzene rings is 1. The van der Waals surface area contributed by atoms with Gasteiger partial charge in [0.1, 0.15) is 29.6 Å². The molecule has 13 nitrogen and oxygen atoms in total. The molecule has 1 aromatic heterocycles. The molecule has 2 bridgehead atoms. The Kier molecular flexibility index (Phi) is 7.75. The molecule has 3 heterocycles. The molecule has 0 amide bonds. The second-order valence-corrected chi connectivity index (χ2v) is 11.0. The monoisotopic (exact) mass is 539 g/mol. The molecule has 2 aliphatic rings. The van der Waals surface area contributed by atoms with Gasteiger partial charge in [0.25, 0.3) is 5.56 Å². The van der Waals surface area contributed by atoms with Crippen molar-refractivity contribution < 1.29 is 37.7 Å². The fourth-order valence-corrected chi connectivity index (χ4v) is 5.59.